The predicted octanol–water partition coefficient (Wildman–Crippen LogP) is 4.77. The van der Waals surface area contributed by atoms with Gasteiger partial charge in [0, 0.05) is 28.8 Å². The predicted molar refractivity (Wildman–Crippen MR) is 87.9 cm³/mol. The molecule has 1 aromatic carbocycles. The molecule has 0 aliphatic carbocycles. The molecule has 21 heavy (non-hydrogen) atoms. The van der Waals surface area contributed by atoms with Gasteiger partial charge in [-0.3, -0.25) is 10.1 Å². The van der Waals surface area contributed by atoms with E-state index in [-0.39, 0.29) is 11.1 Å². The molecule has 0 atom stereocenters. The standard InChI is InChI=1S/C14H14BrN3O2S/c1-14(2,3)11-10(15)13(21)17-12(16-11)8-4-6-9(7-5-8)18(19)20/h4-7H,1-3H3,(H,16,17,21). The number of aromatic amines is 1. The smallest absolute Gasteiger partial charge is 0.269 e. The Morgan fingerprint density at radius 3 is 2.33 bits per heavy atom. The fraction of sp³-hybridized carbons (Fsp3) is 0.286. The number of non-ortho nitro benzene ring substituents is 1. The van der Waals surface area contributed by atoms with Crippen molar-refractivity contribution in [1.82, 2.24) is 9.97 Å². The van der Waals surface area contributed by atoms with E-state index in [1.54, 1.807) is 12.1 Å². The lowest BCUT2D eigenvalue weighted by Gasteiger charge is -2.21. The van der Waals surface area contributed by atoms with Gasteiger partial charge in [-0.15, -0.1) is 0 Å². The Hall–Kier alpha value is -1.60. The fourth-order valence-corrected chi connectivity index (χ4v) is 2.83. The number of hydrogen-bond acceptors (Lipinski definition) is 4. The summed E-state index contributed by atoms with van der Waals surface area (Å²) in [6, 6.07) is 6.22. The van der Waals surface area contributed by atoms with E-state index in [0.29, 0.717) is 10.5 Å². The van der Waals surface area contributed by atoms with Crippen LogP contribution < -0.4 is 0 Å². The maximum Gasteiger partial charge on any atom is 0.269 e. The second-order valence-corrected chi connectivity index (χ2v) is 6.81. The van der Waals surface area contributed by atoms with Crippen molar-refractivity contribution in [2.45, 2.75) is 26.2 Å². The molecular formula is C14H14BrN3O2S. The van der Waals surface area contributed by atoms with E-state index >= 15 is 0 Å². The zero-order valence-corrected chi connectivity index (χ0v) is 14.2. The van der Waals surface area contributed by atoms with Gasteiger partial charge in [0.1, 0.15) is 10.5 Å². The van der Waals surface area contributed by atoms with Crippen molar-refractivity contribution in [2.24, 2.45) is 0 Å². The van der Waals surface area contributed by atoms with Gasteiger partial charge in [0.15, 0.2) is 0 Å². The summed E-state index contributed by atoms with van der Waals surface area (Å²) in [6.07, 6.45) is 0. The lowest BCUT2D eigenvalue weighted by molar-refractivity contribution is -0.384. The van der Waals surface area contributed by atoms with E-state index in [4.69, 9.17) is 12.2 Å². The summed E-state index contributed by atoms with van der Waals surface area (Å²) in [7, 11) is 0. The van der Waals surface area contributed by atoms with Crippen LogP contribution in [0.4, 0.5) is 5.69 Å². The third-order valence-corrected chi connectivity index (χ3v) is 4.30. The molecule has 0 bridgehead atoms. The number of aromatic nitrogens is 2. The van der Waals surface area contributed by atoms with Crippen molar-refractivity contribution in [2.75, 3.05) is 0 Å². The summed E-state index contributed by atoms with van der Waals surface area (Å²) in [5, 5.41) is 10.7. The van der Waals surface area contributed by atoms with E-state index < -0.39 is 4.92 Å². The average Bonchev–Trinajstić information content (AvgIpc) is 2.40. The quantitative estimate of drug-likeness (QED) is 0.471. The Bertz CT molecular complexity index is 748. The Kier molecular flexibility index (Phi) is 4.25. The van der Waals surface area contributed by atoms with Crippen LogP contribution in [-0.2, 0) is 5.41 Å². The molecule has 7 heteroatoms. The van der Waals surface area contributed by atoms with Gasteiger partial charge in [-0.2, -0.15) is 0 Å². The summed E-state index contributed by atoms with van der Waals surface area (Å²) in [6.45, 7) is 6.20. The molecule has 0 fully saturated rings. The van der Waals surface area contributed by atoms with Gasteiger partial charge < -0.3 is 4.98 Å². The molecule has 0 saturated carbocycles. The zero-order chi connectivity index (χ0) is 15.8. The van der Waals surface area contributed by atoms with Gasteiger partial charge in [-0.25, -0.2) is 4.98 Å². The molecule has 0 aliphatic rings. The zero-order valence-electron chi connectivity index (χ0n) is 11.8. The van der Waals surface area contributed by atoms with E-state index in [1.807, 2.05) is 0 Å². The highest BCUT2D eigenvalue weighted by atomic mass is 79.9. The molecule has 110 valence electrons. The molecular weight excluding hydrogens is 354 g/mol. The van der Waals surface area contributed by atoms with Crippen molar-refractivity contribution in [3.63, 3.8) is 0 Å². The monoisotopic (exact) mass is 367 g/mol. The molecule has 0 amide bonds. The largest absolute Gasteiger partial charge is 0.342 e. The van der Waals surface area contributed by atoms with Crippen LogP contribution in [0.3, 0.4) is 0 Å². The molecule has 0 aliphatic heterocycles. The number of rotatable bonds is 2. The summed E-state index contributed by atoms with van der Waals surface area (Å²) in [5.74, 6) is 0.600. The number of halogens is 1. The number of benzene rings is 1. The molecule has 1 N–H and O–H groups in total. The minimum atomic E-state index is -0.429. The minimum Gasteiger partial charge on any atom is -0.342 e. The maximum absolute atomic E-state index is 10.7. The van der Waals surface area contributed by atoms with Crippen LogP contribution >= 0.6 is 28.1 Å². The number of nitrogens with one attached hydrogen (secondary N) is 1. The molecule has 0 saturated heterocycles. The number of nitro groups is 1. The molecule has 1 heterocycles. The molecule has 1 aromatic heterocycles. The molecule has 0 unspecified atom stereocenters. The minimum absolute atomic E-state index is 0.0468. The molecule has 2 rings (SSSR count). The highest BCUT2D eigenvalue weighted by molar-refractivity contribution is 9.10. The summed E-state index contributed by atoms with van der Waals surface area (Å²) < 4.78 is 1.24. The number of nitrogens with zero attached hydrogens (tertiary/aromatic N) is 2. The number of nitro benzene ring substituents is 1. The first kappa shape index (κ1) is 15.8. The van der Waals surface area contributed by atoms with Crippen LogP contribution in [0.1, 0.15) is 26.5 Å². The van der Waals surface area contributed by atoms with Crippen LogP contribution in [0, 0.1) is 14.8 Å². The topological polar surface area (TPSA) is 71.8 Å². The van der Waals surface area contributed by atoms with Crippen LogP contribution in [-0.4, -0.2) is 14.9 Å². The molecule has 0 spiro atoms. The first-order valence-corrected chi connectivity index (χ1v) is 7.45. The first-order valence-electron chi connectivity index (χ1n) is 6.25. The van der Waals surface area contributed by atoms with Gasteiger partial charge >= 0.3 is 0 Å². The second-order valence-electron chi connectivity index (χ2n) is 5.63. The molecule has 5 nitrogen and oxygen atoms in total. The Balaban J connectivity index is 2.57. The van der Waals surface area contributed by atoms with Gasteiger partial charge in [0.05, 0.1) is 9.40 Å². The van der Waals surface area contributed by atoms with Crippen molar-refractivity contribution >= 4 is 33.8 Å². The van der Waals surface area contributed by atoms with Gasteiger partial charge in [-0.05, 0) is 28.1 Å². The Morgan fingerprint density at radius 1 is 1.29 bits per heavy atom. The molecule has 0 radical (unpaired) electrons. The van der Waals surface area contributed by atoms with E-state index in [0.717, 1.165) is 15.7 Å². The van der Waals surface area contributed by atoms with Crippen LogP contribution in [0.25, 0.3) is 11.4 Å². The second kappa shape index (κ2) is 5.65. The van der Waals surface area contributed by atoms with Crippen LogP contribution in [0.5, 0.6) is 0 Å². The summed E-state index contributed by atoms with van der Waals surface area (Å²) in [4.78, 5) is 17.9. The average molecular weight is 368 g/mol. The maximum atomic E-state index is 10.7. The summed E-state index contributed by atoms with van der Waals surface area (Å²) >= 11 is 8.74. The van der Waals surface area contributed by atoms with Crippen LogP contribution in [0.2, 0.25) is 0 Å². The summed E-state index contributed by atoms with van der Waals surface area (Å²) in [5.41, 5.74) is 1.61. The highest BCUT2D eigenvalue weighted by Crippen LogP contribution is 2.30. The Labute approximate surface area is 135 Å². The van der Waals surface area contributed by atoms with Crippen molar-refractivity contribution in [3.05, 3.63) is 49.2 Å². The van der Waals surface area contributed by atoms with Crippen molar-refractivity contribution in [1.29, 1.82) is 0 Å². The van der Waals surface area contributed by atoms with Gasteiger partial charge in [0.25, 0.3) is 5.69 Å². The number of H-pyrrole nitrogens is 1. The third kappa shape index (κ3) is 3.36. The van der Waals surface area contributed by atoms with Crippen molar-refractivity contribution in [3.8, 4) is 11.4 Å². The van der Waals surface area contributed by atoms with E-state index in [1.165, 1.54) is 12.1 Å². The van der Waals surface area contributed by atoms with Gasteiger partial charge in [-0.1, -0.05) is 33.0 Å². The number of hydrogen-bond donors (Lipinski definition) is 1. The normalized spacial score (nSPS) is 11.4. The first-order chi connectivity index (χ1) is 9.70. The Morgan fingerprint density at radius 2 is 1.86 bits per heavy atom. The van der Waals surface area contributed by atoms with E-state index in [9.17, 15) is 10.1 Å². The van der Waals surface area contributed by atoms with Crippen molar-refractivity contribution < 1.29 is 4.92 Å². The van der Waals surface area contributed by atoms with E-state index in [2.05, 4.69) is 46.7 Å². The SMILES string of the molecule is CC(C)(C)c1[nH]c(-c2ccc([N+](=O)[O-])cc2)nc(=S)c1Br. The molecule has 2 aromatic rings. The van der Waals surface area contributed by atoms with Crippen LogP contribution in [0.15, 0.2) is 28.7 Å². The lowest BCUT2D eigenvalue weighted by atomic mass is 9.92. The van der Waals surface area contributed by atoms with Gasteiger partial charge in [0.2, 0.25) is 0 Å². The highest BCUT2D eigenvalue weighted by Gasteiger charge is 2.20. The lowest BCUT2D eigenvalue weighted by Crippen LogP contribution is -2.16. The third-order valence-electron chi connectivity index (χ3n) is 2.97. The fourth-order valence-electron chi connectivity index (χ4n) is 1.85.